The van der Waals surface area contributed by atoms with Crippen molar-refractivity contribution in [2.45, 2.75) is 18.8 Å². The van der Waals surface area contributed by atoms with Gasteiger partial charge < -0.3 is 9.64 Å². The Morgan fingerprint density at radius 2 is 1.23 bits per heavy atom. The number of ether oxygens (including phenoxy) is 1. The van der Waals surface area contributed by atoms with Gasteiger partial charge in [-0.2, -0.15) is 22.5 Å². The van der Waals surface area contributed by atoms with Crippen LogP contribution in [0.15, 0.2) is 11.6 Å². The van der Waals surface area contributed by atoms with Crippen LogP contribution < -0.4 is 0 Å². The quantitative estimate of drug-likeness (QED) is 0.561. The number of rotatable bonds is 2. The van der Waals surface area contributed by atoms with Crippen LogP contribution in [0.4, 0.5) is 43.9 Å². The van der Waals surface area contributed by atoms with E-state index >= 15 is 0 Å². The minimum Gasteiger partial charge on any atom is -0.378 e. The molecule has 0 aromatic carbocycles. The van der Waals surface area contributed by atoms with Crippen LogP contribution in [0.3, 0.4) is 0 Å². The SMILES string of the molecule is F/C(=C(\N1CCOCC1)N(C(F)(F)F)C(F)(F)F)C(F)(F)F. The molecule has 0 aromatic heterocycles. The normalized spacial score (nSPS) is 19.1. The van der Waals surface area contributed by atoms with Gasteiger partial charge >= 0.3 is 18.8 Å². The van der Waals surface area contributed by atoms with Gasteiger partial charge in [-0.05, 0) is 0 Å². The summed E-state index contributed by atoms with van der Waals surface area (Å²) in [6, 6.07) is 0. The van der Waals surface area contributed by atoms with Crippen molar-refractivity contribution in [2.24, 2.45) is 0 Å². The van der Waals surface area contributed by atoms with Crippen LogP contribution in [0.1, 0.15) is 0 Å². The van der Waals surface area contributed by atoms with Gasteiger partial charge in [0.1, 0.15) is 0 Å². The summed E-state index contributed by atoms with van der Waals surface area (Å²) in [7, 11) is 0. The zero-order valence-electron chi connectivity index (χ0n) is 10.4. The molecular weight excluding hydrogens is 342 g/mol. The van der Waals surface area contributed by atoms with Crippen molar-refractivity contribution >= 4 is 0 Å². The van der Waals surface area contributed by atoms with Crippen LogP contribution >= 0.6 is 0 Å². The topological polar surface area (TPSA) is 15.7 Å². The van der Waals surface area contributed by atoms with E-state index in [1.807, 2.05) is 0 Å². The Bertz CT molecular complexity index is 404. The molecule has 0 saturated carbocycles. The first-order valence-electron chi connectivity index (χ1n) is 5.49. The Balaban J connectivity index is 3.47. The molecule has 0 amide bonds. The first-order chi connectivity index (χ1) is 9.76. The third-order valence-electron chi connectivity index (χ3n) is 2.47. The van der Waals surface area contributed by atoms with E-state index in [0.717, 1.165) is 0 Å². The molecule has 0 atom stereocenters. The second-order valence-corrected chi connectivity index (χ2v) is 4.01. The highest BCUT2D eigenvalue weighted by Gasteiger charge is 2.59. The number of morpholine rings is 1. The molecule has 13 heteroatoms. The fourth-order valence-corrected chi connectivity index (χ4v) is 1.66. The molecule has 0 unspecified atom stereocenters. The Morgan fingerprint density at radius 3 is 1.55 bits per heavy atom. The predicted octanol–water partition coefficient (Wildman–Crippen LogP) is 3.36. The smallest absolute Gasteiger partial charge is 0.378 e. The molecule has 1 aliphatic rings. The fourth-order valence-electron chi connectivity index (χ4n) is 1.66. The third kappa shape index (κ3) is 4.30. The molecule has 22 heavy (non-hydrogen) atoms. The Morgan fingerprint density at radius 1 is 0.818 bits per heavy atom. The lowest BCUT2D eigenvalue weighted by atomic mass is 10.3. The van der Waals surface area contributed by atoms with E-state index in [0.29, 0.717) is 0 Å². The van der Waals surface area contributed by atoms with Crippen LogP contribution in [0, 0.1) is 0 Å². The maximum atomic E-state index is 13.3. The van der Waals surface area contributed by atoms with Gasteiger partial charge in [-0.1, -0.05) is 0 Å². The molecule has 1 fully saturated rings. The summed E-state index contributed by atoms with van der Waals surface area (Å²) < 4.78 is 130. The summed E-state index contributed by atoms with van der Waals surface area (Å²) in [6.45, 7) is -2.42. The lowest BCUT2D eigenvalue weighted by molar-refractivity contribution is -0.367. The summed E-state index contributed by atoms with van der Waals surface area (Å²) in [5, 5.41) is 0. The second kappa shape index (κ2) is 6.01. The third-order valence-corrected chi connectivity index (χ3v) is 2.47. The second-order valence-electron chi connectivity index (χ2n) is 4.01. The first kappa shape index (κ1) is 18.6. The minimum atomic E-state index is -6.30. The average molecular weight is 350 g/mol. The summed E-state index contributed by atoms with van der Waals surface area (Å²) in [4.78, 5) is -2.50. The van der Waals surface area contributed by atoms with Gasteiger partial charge in [0.2, 0.25) is 5.83 Å². The van der Waals surface area contributed by atoms with E-state index in [9.17, 15) is 43.9 Å². The fraction of sp³-hybridized carbons (Fsp3) is 0.778. The summed E-state index contributed by atoms with van der Waals surface area (Å²) in [5.74, 6) is -6.13. The number of allylic oxidation sites excluding steroid dienone is 1. The molecule has 1 saturated heterocycles. The van der Waals surface area contributed by atoms with Crippen molar-refractivity contribution in [1.82, 2.24) is 9.80 Å². The van der Waals surface area contributed by atoms with Gasteiger partial charge in [0.05, 0.1) is 13.2 Å². The van der Waals surface area contributed by atoms with Crippen molar-refractivity contribution in [1.29, 1.82) is 0 Å². The van der Waals surface area contributed by atoms with Crippen LogP contribution in [-0.4, -0.2) is 54.9 Å². The lowest BCUT2D eigenvalue weighted by Crippen LogP contribution is -2.54. The Labute approximate surface area is 116 Å². The van der Waals surface area contributed by atoms with E-state index in [1.54, 1.807) is 0 Å². The van der Waals surface area contributed by atoms with Crippen molar-refractivity contribution < 1.29 is 48.6 Å². The summed E-state index contributed by atoms with van der Waals surface area (Å²) in [5.41, 5.74) is 0. The number of halogens is 10. The average Bonchev–Trinajstić information content (AvgIpc) is 2.31. The molecule has 130 valence electrons. The molecule has 0 radical (unpaired) electrons. The largest absolute Gasteiger partial charge is 0.493 e. The molecule has 1 heterocycles. The number of hydrogen-bond acceptors (Lipinski definition) is 3. The monoisotopic (exact) mass is 350 g/mol. The standard InChI is InChI=1S/C9H8F10N2O/c10-5(7(11,12)13)6(20-1-3-22-4-2-20)21(8(14,15)16)9(17,18)19/h1-4H2/b6-5+. The maximum absolute atomic E-state index is 13.3. The summed E-state index contributed by atoms with van der Waals surface area (Å²) in [6.07, 6.45) is -18.6. The van der Waals surface area contributed by atoms with Crippen molar-refractivity contribution in [2.75, 3.05) is 26.3 Å². The van der Waals surface area contributed by atoms with E-state index in [-0.39, 0.29) is 4.90 Å². The van der Waals surface area contributed by atoms with E-state index in [2.05, 4.69) is 4.74 Å². The molecule has 0 aliphatic carbocycles. The highest BCUT2D eigenvalue weighted by Crippen LogP contribution is 2.42. The van der Waals surface area contributed by atoms with Gasteiger partial charge in [0.15, 0.2) is 5.82 Å². The zero-order valence-corrected chi connectivity index (χ0v) is 10.4. The molecule has 1 rings (SSSR count). The summed E-state index contributed by atoms with van der Waals surface area (Å²) >= 11 is 0. The number of alkyl halides is 9. The molecule has 1 aliphatic heterocycles. The minimum absolute atomic E-state index is 0.00664. The van der Waals surface area contributed by atoms with E-state index in [1.165, 1.54) is 0 Å². The van der Waals surface area contributed by atoms with Gasteiger partial charge in [-0.15, -0.1) is 26.3 Å². The number of nitrogens with zero attached hydrogens (tertiary/aromatic N) is 2. The highest BCUT2D eigenvalue weighted by molar-refractivity contribution is 5.13. The molecular formula is C9H8F10N2O. The van der Waals surface area contributed by atoms with Crippen LogP contribution in [0.25, 0.3) is 0 Å². The maximum Gasteiger partial charge on any atom is 0.493 e. The predicted molar refractivity (Wildman–Crippen MR) is 50.5 cm³/mol. The lowest BCUT2D eigenvalue weighted by Gasteiger charge is -2.39. The molecule has 0 N–H and O–H groups in total. The number of hydrogen-bond donors (Lipinski definition) is 0. The zero-order chi connectivity index (χ0) is 17.3. The van der Waals surface area contributed by atoms with Crippen LogP contribution in [-0.2, 0) is 4.74 Å². The van der Waals surface area contributed by atoms with Crippen LogP contribution in [0.5, 0.6) is 0 Å². The van der Waals surface area contributed by atoms with E-state index < -0.39 is 61.6 Å². The van der Waals surface area contributed by atoms with Crippen molar-refractivity contribution in [3.8, 4) is 0 Å². The van der Waals surface area contributed by atoms with Crippen molar-refractivity contribution in [3.05, 3.63) is 11.6 Å². The van der Waals surface area contributed by atoms with Crippen LogP contribution in [0.2, 0.25) is 0 Å². The first-order valence-corrected chi connectivity index (χ1v) is 5.49. The van der Waals surface area contributed by atoms with Crippen molar-refractivity contribution in [3.63, 3.8) is 0 Å². The van der Waals surface area contributed by atoms with Gasteiger partial charge in [-0.3, -0.25) is 0 Å². The Kier molecular flexibility index (Phi) is 5.09. The molecule has 0 bridgehead atoms. The molecule has 0 aromatic rings. The Hall–Kier alpha value is -1.40. The van der Waals surface area contributed by atoms with E-state index in [4.69, 9.17) is 0 Å². The molecule has 3 nitrogen and oxygen atoms in total. The van der Waals surface area contributed by atoms with Gasteiger partial charge in [-0.25, -0.2) is 0 Å². The molecule has 0 spiro atoms. The highest BCUT2D eigenvalue weighted by atomic mass is 19.4. The van der Waals surface area contributed by atoms with Gasteiger partial charge in [0, 0.05) is 13.1 Å². The van der Waals surface area contributed by atoms with Gasteiger partial charge in [0.25, 0.3) is 0 Å².